The Bertz CT molecular complexity index is 586. The standard InChI is InChI=1S/C24H43O2PS2/c1-3-5-7-9-11-13-15-17-22-19-20-23(24(21-22)29-27(25,26)28)18-16-14-12-10-8-6-4-2/h19-21H,3-18H2,1-2H3,(H2,25,26,28). The SMILES string of the molecule is CCCCCCCCCc1ccc(CCCCCCCCC)c(SP(O)(O)=S)c1. The quantitative estimate of drug-likeness (QED) is 0.171. The molecule has 0 aliphatic heterocycles. The minimum Gasteiger partial charge on any atom is -0.337 e. The molecule has 1 aromatic carbocycles. The van der Waals surface area contributed by atoms with Crippen LogP contribution in [0, 0.1) is 0 Å². The van der Waals surface area contributed by atoms with Crippen LogP contribution in [-0.2, 0) is 24.6 Å². The minimum atomic E-state index is -3.29. The molecule has 1 rings (SSSR count). The third kappa shape index (κ3) is 14.7. The summed E-state index contributed by atoms with van der Waals surface area (Å²) in [5, 5.41) is 0. The lowest BCUT2D eigenvalue weighted by molar-refractivity contribution is 0.502. The first-order valence-electron chi connectivity index (χ1n) is 11.8. The first-order valence-corrected chi connectivity index (χ1v) is 16.0. The van der Waals surface area contributed by atoms with E-state index in [1.807, 2.05) is 0 Å². The maximum Gasteiger partial charge on any atom is 0.246 e. The molecule has 0 heterocycles. The average Bonchev–Trinajstić information content (AvgIpc) is 2.66. The zero-order valence-corrected chi connectivity index (χ0v) is 21.2. The Morgan fingerprint density at radius 2 is 1.21 bits per heavy atom. The molecule has 168 valence electrons. The third-order valence-corrected chi connectivity index (χ3v) is 8.26. The second-order valence-corrected chi connectivity index (χ2v) is 14.2. The lowest BCUT2D eigenvalue weighted by atomic mass is 10.0. The summed E-state index contributed by atoms with van der Waals surface area (Å²) in [5.74, 6) is 0. The van der Waals surface area contributed by atoms with Crippen molar-refractivity contribution in [1.29, 1.82) is 0 Å². The molecule has 0 spiro atoms. The van der Waals surface area contributed by atoms with E-state index in [1.165, 1.54) is 94.6 Å². The molecule has 0 saturated heterocycles. The third-order valence-electron chi connectivity index (χ3n) is 5.47. The van der Waals surface area contributed by atoms with Gasteiger partial charge in [0.15, 0.2) is 0 Å². The van der Waals surface area contributed by atoms with Crippen molar-refractivity contribution < 1.29 is 9.79 Å². The van der Waals surface area contributed by atoms with Crippen molar-refractivity contribution in [2.24, 2.45) is 0 Å². The highest BCUT2D eigenvalue weighted by Crippen LogP contribution is 2.55. The summed E-state index contributed by atoms with van der Waals surface area (Å²) >= 11 is 6.01. The van der Waals surface area contributed by atoms with E-state index < -0.39 is 5.69 Å². The fraction of sp³-hybridized carbons (Fsp3) is 0.750. The van der Waals surface area contributed by atoms with Gasteiger partial charge in [0.1, 0.15) is 0 Å². The van der Waals surface area contributed by atoms with E-state index in [0.717, 1.165) is 35.5 Å². The summed E-state index contributed by atoms with van der Waals surface area (Å²) in [4.78, 5) is 20.7. The van der Waals surface area contributed by atoms with Crippen molar-refractivity contribution in [3.8, 4) is 0 Å². The molecule has 0 unspecified atom stereocenters. The maximum atomic E-state index is 9.84. The molecule has 0 amide bonds. The highest BCUT2D eigenvalue weighted by atomic mass is 32.9. The summed E-state index contributed by atoms with van der Waals surface area (Å²) in [6.45, 7) is 4.51. The largest absolute Gasteiger partial charge is 0.337 e. The second kappa shape index (κ2) is 16.8. The first-order chi connectivity index (χ1) is 14.0. The normalized spacial score (nSPS) is 11.9. The zero-order chi connectivity index (χ0) is 21.4. The van der Waals surface area contributed by atoms with Crippen LogP contribution in [0.3, 0.4) is 0 Å². The fourth-order valence-corrected chi connectivity index (χ4v) is 6.48. The van der Waals surface area contributed by atoms with Gasteiger partial charge in [-0.25, -0.2) is 0 Å². The predicted molar refractivity (Wildman–Crippen MR) is 134 cm³/mol. The smallest absolute Gasteiger partial charge is 0.246 e. The molecule has 2 N–H and O–H groups in total. The van der Waals surface area contributed by atoms with E-state index in [2.05, 4.69) is 32.0 Å². The van der Waals surface area contributed by atoms with Gasteiger partial charge in [0.25, 0.3) is 0 Å². The molecule has 0 radical (unpaired) electrons. The van der Waals surface area contributed by atoms with Gasteiger partial charge < -0.3 is 9.79 Å². The summed E-state index contributed by atoms with van der Waals surface area (Å²) < 4.78 is 0. The van der Waals surface area contributed by atoms with Crippen LogP contribution >= 0.6 is 17.1 Å². The number of aryl methyl sites for hydroxylation is 2. The van der Waals surface area contributed by atoms with E-state index >= 15 is 0 Å². The lowest BCUT2D eigenvalue weighted by Crippen LogP contribution is -1.94. The van der Waals surface area contributed by atoms with Gasteiger partial charge in [-0.1, -0.05) is 103 Å². The van der Waals surface area contributed by atoms with Crippen LogP contribution in [0.1, 0.15) is 115 Å². The van der Waals surface area contributed by atoms with Gasteiger partial charge in [-0.05, 0) is 66.1 Å². The Kier molecular flexibility index (Phi) is 15.7. The molecule has 0 aliphatic carbocycles. The molecule has 1 aromatic rings. The van der Waals surface area contributed by atoms with Crippen molar-refractivity contribution >= 4 is 28.9 Å². The number of rotatable bonds is 18. The molecule has 0 aromatic heterocycles. The van der Waals surface area contributed by atoms with Gasteiger partial charge >= 0.3 is 0 Å². The predicted octanol–water partition coefficient (Wildman–Crippen LogP) is 8.57. The highest BCUT2D eigenvalue weighted by molar-refractivity contribution is 8.67. The van der Waals surface area contributed by atoms with Gasteiger partial charge in [-0.2, -0.15) is 0 Å². The van der Waals surface area contributed by atoms with E-state index in [1.54, 1.807) is 0 Å². The average molecular weight is 459 g/mol. The van der Waals surface area contributed by atoms with E-state index in [-0.39, 0.29) is 0 Å². The Hall–Kier alpha value is 0.140. The Balaban J connectivity index is 2.48. The Labute approximate surface area is 189 Å². The van der Waals surface area contributed by atoms with Crippen molar-refractivity contribution in [2.75, 3.05) is 0 Å². The zero-order valence-electron chi connectivity index (χ0n) is 18.7. The Morgan fingerprint density at radius 3 is 1.72 bits per heavy atom. The van der Waals surface area contributed by atoms with Crippen molar-refractivity contribution in [3.05, 3.63) is 29.3 Å². The van der Waals surface area contributed by atoms with Gasteiger partial charge in [0.2, 0.25) is 5.69 Å². The molecule has 2 nitrogen and oxygen atoms in total. The molecular weight excluding hydrogens is 415 g/mol. The fourth-order valence-electron chi connectivity index (χ4n) is 3.73. The van der Waals surface area contributed by atoms with Gasteiger partial charge in [0.05, 0.1) is 0 Å². The summed E-state index contributed by atoms with van der Waals surface area (Å²) in [6, 6.07) is 6.59. The summed E-state index contributed by atoms with van der Waals surface area (Å²) in [7, 11) is 0. The van der Waals surface area contributed by atoms with E-state index in [0.29, 0.717) is 0 Å². The minimum absolute atomic E-state index is 0.991. The van der Waals surface area contributed by atoms with Crippen LogP contribution in [0.2, 0.25) is 0 Å². The van der Waals surface area contributed by atoms with Gasteiger partial charge in [0, 0.05) is 4.90 Å². The van der Waals surface area contributed by atoms with Gasteiger partial charge in [-0.15, -0.1) is 0 Å². The monoisotopic (exact) mass is 458 g/mol. The Morgan fingerprint density at radius 1 is 0.724 bits per heavy atom. The summed E-state index contributed by atoms with van der Waals surface area (Å²) in [6.07, 6.45) is 20.3. The van der Waals surface area contributed by atoms with E-state index in [4.69, 9.17) is 11.8 Å². The van der Waals surface area contributed by atoms with Crippen LogP contribution in [0.4, 0.5) is 0 Å². The van der Waals surface area contributed by atoms with Crippen LogP contribution in [0.25, 0.3) is 0 Å². The number of hydrogen-bond acceptors (Lipinski definition) is 2. The highest BCUT2D eigenvalue weighted by Gasteiger charge is 2.14. The van der Waals surface area contributed by atoms with Crippen molar-refractivity contribution in [3.63, 3.8) is 0 Å². The molecule has 0 aliphatic rings. The maximum absolute atomic E-state index is 9.84. The van der Waals surface area contributed by atoms with Crippen LogP contribution < -0.4 is 0 Å². The topological polar surface area (TPSA) is 40.5 Å². The molecule has 29 heavy (non-hydrogen) atoms. The molecule has 0 saturated carbocycles. The van der Waals surface area contributed by atoms with Crippen molar-refractivity contribution in [2.45, 2.75) is 121 Å². The van der Waals surface area contributed by atoms with E-state index in [9.17, 15) is 9.79 Å². The molecule has 0 atom stereocenters. The van der Waals surface area contributed by atoms with Gasteiger partial charge in [-0.3, -0.25) is 0 Å². The van der Waals surface area contributed by atoms with Crippen LogP contribution in [0.15, 0.2) is 23.1 Å². The number of unbranched alkanes of at least 4 members (excludes halogenated alkanes) is 12. The number of hydrogen-bond donors (Lipinski definition) is 2. The molecule has 5 heteroatoms. The molecule has 0 bridgehead atoms. The number of benzene rings is 1. The molecule has 0 fully saturated rings. The van der Waals surface area contributed by atoms with Crippen molar-refractivity contribution in [1.82, 2.24) is 0 Å². The summed E-state index contributed by atoms with van der Waals surface area (Å²) in [5.41, 5.74) is -0.764. The molecular formula is C24H43O2PS2. The second-order valence-electron chi connectivity index (χ2n) is 8.27. The van der Waals surface area contributed by atoms with Crippen LogP contribution in [-0.4, -0.2) is 9.79 Å². The first kappa shape index (κ1) is 27.2. The lowest BCUT2D eigenvalue weighted by Gasteiger charge is -2.14. The van der Waals surface area contributed by atoms with Crippen LogP contribution in [0.5, 0.6) is 0 Å².